The molecule has 0 aromatic heterocycles. The van der Waals surface area contributed by atoms with Crippen LogP contribution >= 0.6 is 23.2 Å². The quantitative estimate of drug-likeness (QED) is 0.630. The standard InChI is InChI=1S/C16H24Cl2N2/c1-16(2)7-5-12(6-8-16)15(20-19)10-11-3-4-13(17)14(18)9-11/h3-4,9,12,15,20H,5-8,10,19H2,1-2H3. The second kappa shape index (κ2) is 6.65. The summed E-state index contributed by atoms with van der Waals surface area (Å²) in [4.78, 5) is 0. The van der Waals surface area contributed by atoms with Crippen LogP contribution in [-0.2, 0) is 6.42 Å². The molecule has 2 nitrogen and oxygen atoms in total. The van der Waals surface area contributed by atoms with Crippen molar-refractivity contribution < 1.29 is 0 Å². The minimum Gasteiger partial charge on any atom is -0.271 e. The molecule has 20 heavy (non-hydrogen) atoms. The largest absolute Gasteiger partial charge is 0.271 e. The Kier molecular flexibility index (Phi) is 5.36. The Hall–Kier alpha value is -0.280. The molecule has 1 aromatic rings. The Morgan fingerprint density at radius 2 is 1.90 bits per heavy atom. The molecule has 1 aliphatic carbocycles. The highest BCUT2D eigenvalue weighted by Gasteiger charge is 2.31. The average molecular weight is 315 g/mol. The van der Waals surface area contributed by atoms with E-state index in [0.717, 1.165) is 6.42 Å². The second-order valence-corrected chi connectivity index (χ2v) is 7.54. The van der Waals surface area contributed by atoms with E-state index in [-0.39, 0.29) is 0 Å². The zero-order valence-electron chi connectivity index (χ0n) is 12.3. The molecule has 3 N–H and O–H groups in total. The molecule has 4 heteroatoms. The van der Waals surface area contributed by atoms with Gasteiger partial charge >= 0.3 is 0 Å². The lowest BCUT2D eigenvalue weighted by Crippen LogP contribution is -2.44. The van der Waals surface area contributed by atoms with Crippen LogP contribution in [0, 0.1) is 11.3 Å². The van der Waals surface area contributed by atoms with Gasteiger partial charge < -0.3 is 0 Å². The van der Waals surface area contributed by atoms with Crippen molar-refractivity contribution >= 4 is 23.2 Å². The van der Waals surface area contributed by atoms with Gasteiger partial charge in [0.05, 0.1) is 10.0 Å². The van der Waals surface area contributed by atoms with E-state index in [9.17, 15) is 0 Å². The summed E-state index contributed by atoms with van der Waals surface area (Å²) in [5, 5.41) is 1.22. The fraction of sp³-hybridized carbons (Fsp3) is 0.625. The Morgan fingerprint density at radius 1 is 1.25 bits per heavy atom. The van der Waals surface area contributed by atoms with Crippen molar-refractivity contribution in [2.24, 2.45) is 17.2 Å². The molecule has 112 valence electrons. The van der Waals surface area contributed by atoms with E-state index in [0.29, 0.717) is 27.4 Å². The predicted molar refractivity (Wildman–Crippen MR) is 87.0 cm³/mol. The maximum absolute atomic E-state index is 6.08. The number of hydrogen-bond donors (Lipinski definition) is 2. The van der Waals surface area contributed by atoms with Gasteiger partial charge in [-0.25, -0.2) is 0 Å². The molecule has 2 rings (SSSR count). The number of benzene rings is 1. The topological polar surface area (TPSA) is 38.0 Å². The van der Waals surface area contributed by atoms with Gasteiger partial charge in [0, 0.05) is 6.04 Å². The van der Waals surface area contributed by atoms with Gasteiger partial charge in [-0.15, -0.1) is 0 Å². The number of hydrazine groups is 1. The SMILES string of the molecule is CC1(C)CCC(C(Cc2ccc(Cl)c(Cl)c2)NN)CC1. The number of rotatable bonds is 4. The van der Waals surface area contributed by atoms with E-state index >= 15 is 0 Å². The van der Waals surface area contributed by atoms with Crippen molar-refractivity contribution in [1.82, 2.24) is 5.43 Å². The molecule has 1 fully saturated rings. The van der Waals surface area contributed by atoms with Crippen molar-refractivity contribution in [3.8, 4) is 0 Å². The monoisotopic (exact) mass is 314 g/mol. The number of nitrogens with two attached hydrogens (primary N) is 1. The van der Waals surface area contributed by atoms with Crippen LogP contribution in [0.2, 0.25) is 10.0 Å². The maximum Gasteiger partial charge on any atom is 0.0595 e. The summed E-state index contributed by atoms with van der Waals surface area (Å²) in [7, 11) is 0. The van der Waals surface area contributed by atoms with E-state index < -0.39 is 0 Å². The highest BCUT2D eigenvalue weighted by molar-refractivity contribution is 6.42. The lowest BCUT2D eigenvalue weighted by atomic mass is 9.70. The van der Waals surface area contributed by atoms with E-state index in [1.165, 1.54) is 31.2 Å². The number of hydrogen-bond acceptors (Lipinski definition) is 2. The molecule has 0 bridgehead atoms. The first-order valence-electron chi connectivity index (χ1n) is 7.31. The molecule has 1 unspecified atom stereocenters. The molecule has 0 amide bonds. The molecule has 0 aliphatic heterocycles. The molecule has 1 aromatic carbocycles. The predicted octanol–water partition coefficient (Wildman–Crippen LogP) is 4.58. The fourth-order valence-electron chi connectivity index (χ4n) is 3.11. The van der Waals surface area contributed by atoms with Crippen molar-refractivity contribution in [2.45, 2.75) is 52.0 Å². The number of nitrogens with one attached hydrogen (secondary N) is 1. The molecule has 0 radical (unpaired) electrons. The first kappa shape index (κ1) is 16.1. The van der Waals surface area contributed by atoms with E-state index in [4.69, 9.17) is 29.0 Å². The average Bonchev–Trinajstić information content (AvgIpc) is 2.40. The zero-order chi connectivity index (χ0) is 14.8. The first-order valence-corrected chi connectivity index (χ1v) is 8.07. The minimum absolute atomic E-state index is 0.309. The van der Waals surface area contributed by atoms with Gasteiger partial charge in [-0.3, -0.25) is 11.3 Å². The van der Waals surface area contributed by atoms with Crippen LogP contribution in [0.3, 0.4) is 0 Å². The van der Waals surface area contributed by atoms with E-state index in [1.54, 1.807) is 0 Å². The van der Waals surface area contributed by atoms with Crippen molar-refractivity contribution in [2.75, 3.05) is 0 Å². The van der Waals surface area contributed by atoms with E-state index in [2.05, 4.69) is 19.3 Å². The van der Waals surface area contributed by atoms with Crippen LogP contribution in [-0.4, -0.2) is 6.04 Å². The highest BCUT2D eigenvalue weighted by atomic mass is 35.5. The Bertz CT molecular complexity index is 450. The van der Waals surface area contributed by atoms with Gasteiger partial charge in [0.15, 0.2) is 0 Å². The maximum atomic E-state index is 6.08. The minimum atomic E-state index is 0.309. The van der Waals surface area contributed by atoms with Crippen molar-refractivity contribution in [3.63, 3.8) is 0 Å². The third-order valence-electron chi connectivity index (χ3n) is 4.61. The van der Waals surface area contributed by atoms with Gasteiger partial charge in [-0.2, -0.15) is 0 Å². The summed E-state index contributed by atoms with van der Waals surface area (Å²) in [6, 6.07) is 6.15. The summed E-state index contributed by atoms with van der Waals surface area (Å²) >= 11 is 12.0. The van der Waals surface area contributed by atoms with Crippen LogP contribution in [0.25, 0.3) is 0 Å². The molecule has 1 saturated carbocycles. The van der Waals surface area contributed by atoms with Crippen molar-refractivity contribution in [1.29, 1.82) is 0 Å². The van der Waals surface area contributed by atoms with Crippen LogP contribution < -0.4 is 11.3 Å². The van der Waals surface area contributed by atoms with Crippen LogP contribution in [0.15, 0.2) is 18.2 Å². The summed E-state index contributed by atoms with van der Waals surface area (Å²) in [5.74, 6) is 6.42. The second-order valence-electron chi connectivity index (χ2n) is 6.73. The van der Waals surface area contributed by atoms with Gasteiger partial charge in [0.1, 0.15) is 0 Å². The Balaban J connectivity index is 2.00. The van der Waals surface area contributed by atoms with E-state index in [1.807, 2.05) is 18.2 Å². The molecule has 0 saturated heterocycles. The summed E-state index contributed by atoms with van der Waals surface area (Å²) < 4.78 is 0. The molecule has 0 spiro atoms. The Morgan fingerprint density at radius 3 is 2.45 bits per heavy atom. The summed E-state index contributed by atoms with van der Waals surface area (Å²) in [5.41, 5.74) is 4.68. The molecular formula is C16H24Cl2N2. The van der Waals surface area contributed by atoms with Gasteiger partial charge in [-0.05, 0) is 61.1 Å². The molecular weight excluding hydrogens is 291 g/mol. The molecule has 0 heterocycles. The molecule has 1 aliphatic rings. The van der Waals surface area contributed by atoms with Gasteiger partial charge in [-0.1, -0.05) is 43.1 Å². The first-order chi connectivity index (χ1) is 9.41. The lowest BCUT2D eigenvalue weighted by molar-refractivity contribution is 0.161. The number of halogens is 2. The van der Waals surface area contributed by atoms with Crippen LogP contribution in [0.1, 0.15) is 45.1 Å². The Labute approximate surface area is 132 Å². The highest BCUT2D eigenvalue weighted by Crippen LogP contribution is 2.39. The normalized spacial score (nSPS) is 20.9. The summed E-state index contributed by atoms with van der Waals surface area (Å²) in [6.07, 6.45) is 5.93. The van der Waals surface area contributed by atoms with Crippen LogP contribution in [0.5, 0.6) is 0 Å². The lowest BCUT2D eigenvalue weighted by Gasteiger charge is -2.37. The third kappa shape index (κ3) is 4.11. The smallest absolute Gasteiger partial charge is 0.0595 e. The fourth-order valence-corrected chi connectivity index (χ4v) is 3.43. The van der Waals surface area contributed by atoms with Crippen molar-refractivity contribution in [3.05, 3.63) is 33.8 Å². The van der Waals surface area contributed by atoms with Gasteiger partial charge in [0.2, 0.25) is 0 Å². The van der Waals surface area contributed by atoms with Crippen LogP contribution in [0.4, 0.5) is 0 Å². The third-order valence-corrected chi connectivity index (χ3v) is 5.35. The molecule has 1 atom stereocenters. The summed E-state index contributed by atoms with van der Waals surface area (Å²) in [6.45, 7) is 4.71. The van der Waals surface area contributed by atoms with Gasteiger partial charge in [0.25, 0.3) is 0 Å². The zero-order valence-corrected chi connectivity index (χ0v) is 13.8.